The molecule has 0 saturated carbocycles. The lowest BCUT2D eigenvalue weighted by molar-refractivity contribution is 0.0709. The number of nitrogens with one attached hydrogen (secondary N) is 1. The second kappa shape index (κ2) is 5.88. The minimum atomic E-state index is 0.290. The van der Waals surface area contributed by atoms with E-state index in [-0.39, 0.29) is 0 Å². The smallest absolute Gasteiger partial charge is 0.0666 e. The van der Waals surface area contributed by atoms with Gasteiger partial charge in [-0.2, -0.15) is 5.10 Å². The molecule has 0 aliphatic heterocycles. The maximum atomic E-state index is 5.48. The number of nitrogens with zero attached hydrogens (tertiary/aromatic N) is 2. The summed E-state index contributed by atoms with van der Waals surface area (Å²) < 4.78 is 7.43. The fourth-order valence-electron chi connectivity index (χ4n) is 1.42. The van der Waals surface area contributed by atoms with Crippen LogP contribution in [0.25, 0.3) is 0 Å². The highest BCUT2D eigenvalue weighted by Crippen LogP contribution is 2.04. The molecule has 0 atom stereocenters. The van der Waals surface area contributed by atoms with E-state index in [1.54, 1.807) is 0 Å². The number of rotatable bonds is 6. The van der Waals surface area contributed by atoms with Crippen LogP contribution in [0, 0.1) is 6.92 Å². The number of aryl methyl sites for hydroxylation is 1. The molecule has 1 rings (SSSR count). The standard InChI is InChI=1S/C11H21N3O/c1-9(2)15-6-5-14-8-11(7-12-4)10(3)13-14/h8-9,12H,5-7H2,1-4H3. The Kier molecular flexibility index (Phi) is 4.78. The van der Waals surface area contributed by atoms with E-state index in [0.717, 1.165) is 25.4 Å². The van der Waals surface area contributed by atoms with Gasteiger partial charge in [0.05, 0.1) is 24.9 Å². The molecule has 15 heavy (non-hydrogen) atoms. The largest absolute Gasteiger partial charge is 0.377 e. The molecule has 0 spiro atoms. The highest BCUT2D eigenvalue weighted by atomic mass is 16.5. The van der Waals surface area contributed by atoms with Crippen molar-refractivity contribution in [3.63, 3.8) is 0 Å². The first-order valence-corrected chi connectivity index (χ1v) is 5.42. The topological polar surface area (TPSA) is 39.1 Å². The number of aromatic nitrogens is 2. The zero-order valence-electron chi connectivity index (χ0n) is 10.1. The average Bonchev–Trinajstić information content (AvgIpc) is 2.47. The quantitative estimate of drug-likeness (QED) is 0.771. The van der Waals surface area contributed by atoms with Crippen molar-refractivity contribution in [2.24, 2.45) is 0 Å². The van der Waals surface area contributed by atoms with Crippen LogP contribution in [0.4, 0.5) is 0 Å². The second-order valence-corrected chi connectivity index (χ2v) is 3.95. The van der Waals surface area contributed by atoms with Gasteiger partial charge in [0.1, 0.15) is 0 Å². The predicted octanol–water partition coefficient (Wildman–Crippen LogP) is 1.34. The van der Waals surface area contributed by atoms with E-state index in [1.807, 2.05) is 32.5 Å². The Morgan fingerprint density at radius 2 is 2.27 bits per heavy atom. The lowest BCUT2D eigenvalue weighted by Crippen LogP contribution is -2.11. The minimum absolute atomic E-state index is 0.290. The summed E-state index contributed by atoms with van der Waals surface area (Å²) in [6.45, 7) is 8.53. The molecule has 0 saturated heterocycles. The van der Waals surface area contributed by atoms with Crippen LogP contribution in [-0.2, 0) is 17.8 Å². The van der Waals surface area contributed by atoms with E-state index in [9.17, 15) is 0 Å². The molecule has 0 fully saturated rings. The van der Waals surface area contributed by atoms with E-state index in [2.05, 4.69) is 16.6 Å². The summed E-state index contributed by atoms with van der Waals surface area (Å²) in [4.78, 5) is 0. The van der Waals surface area contributed by atoms with Crippen LogP contribution < -0.4 is 5.32 Å². The molecule has 1 heterocycles. The van der Waals surface area contributed by atoms with Gasteiger partial charge < -0.3 is 10.1 Å². The van der Waals surface area contributed by atoms with Gasteiger partial charge >= 0.3 is 0 Å². The van der Waals surface area contributed by atoms with E-state index >= 15 is 0 Å². The van der Waals surface area contributed by atoms with E-state index in [0.29, 0.717) is 6.10 Å². The van der Waals surface area contributed by atoms with Crippen molar-refractivity contribution in [2.75, 3.05) is 13.7 Å². The summed E-state index contributed by atoms with van der Waals surface area (Å²) >= 11 is 0. The summed E-state index contributed by atoms with van der Waals surface area (Å²) in [5.74, 6) is 0. The molecular formula is C11H21N3O. The molecule has 86 valence electrons. The molecule has 0 amide bonds. The molecular weight excluding hydrogens is 190 g/mol. The molecule has 0 radical (unpaired) electrons. The number of ether oxygens (including phenoxy) is 1. The first kappa shape index (κ1) is 12.2. The molecule has 4 heteroatoms. The van der Waals surface area contributed by atoms with Gasteiger partial charge in [-0.3, -0.25) is 4.68 Å². The van der Waals surface area contributed by atoms with Crippen LogP contribution in [-0.4, -0.2) is 29.5 Å². The summed E-state index contributed by atoms with van der Waals surface area (Å²) in [5.41, 5.74) is 2.34. The third-order valence-corrected chi connectivity index (χ3v) is 2.19. The van der Waals surface area contributed by atoms with Gasteiger partial charge in [0.15, 0.2) is 0 Å². The summed E-state index contributed by atoms with van der Waals surface area (Å²) in [7, 11) is 1.94. The van der Waals surface area contributed by atoms with Crippen LogP contribution in [0.5, 0.6) is 0 Å². The lowest BCUT2D eigenvalue weighted by atomic mass is 10.3. The van der Waals surface area contributed by atoms with E-state index < -0.39 is 0 Å². The normalized spacial score (nSPS) is 11.3. The number of hydrogen-bond donors (Lipinski definition) is 1. The Hall–Kier alpha value is -0.870. The van der Waals surface area contributed by atoms with Crippen molar-refractivity contribution in [2.45, 2.75) is 40.0 Å². The monoisotopic (exact) mass is 211 g/mol. The number of hydrogen-bond acceptors (Lipinski definition) is 3. The molecule has 4 nitrogen and oxygen atoms in total. The molecule has 0 unspecified atom stereocenters. The highest BCUT2D eigenvalue weighted by molar-refractivity contribution is 5.14. The highest BCUT2D eigenvalue weighted by Gasteiger charge is 2.03. The fraction of sp³-hybridized carbons (Fsp3) is 0.727. The molecule has 0 aliphatic carbocycles. The van der Waals surface area contributed by atoms with Crippen molar-refractivity contribution in [3.8, 4) is 0 Å². The van der Waals surface area contributed by atoms with Gasteiger partial charge in [0.25, 0.3) is 0 Å². The Bertz CT molecular complexity index is 294. The van der Waals surface area contributed by atoms with Crippen molar-refractivity contribution < 1.29 is 4.74 Å². The summed E-state index contributed by atoms with van der Waals surface area (Å²) in [6.07, 6.45) is 2.37. The average molecular weight is 211 g/mol. The zero-order chi connectivity index (χ0) is 11.3. The third-order valence-electron chi connectivity index (χ3n) is 2.19. The Morgan fingerprint density at radius 3 is 2.87 bits per heavy atom. The van der Waals surface area contributed by atoms with Gasteiger partial charge in [0.2, 0.25) is 0 Å². The van der Waals surface area contributed by atoms with Crippen LogP contribution in [0.3, 0.4) is 0 Å². The summed E-state index contributed by atoms with van der Waals surface area (Å²) in [6, 6.07) is 0. The maximum absolute atomic E-state index is 5.48. The van der Waals surface area contributed by atoms with Crippen LogP contribution in [0.1, 0.15) is 25.1 Å². The maximum Gasteiger partial charge on any atom is 0.0666 e. The fourth-order valence-corrected chi connectivity index (χ4v) is 1.42. The zero-order valence-corrected chi connectivity index (χ0v) is 10.1. The molecule has 1 aromatic rings. The van der Waals surface area contributed by atoms with Crippen LogP contribution in [0.15, 0.2) is 6.20 Å². The van der Waals surface area contributed by atoms with Crippen LogP contribution in [0.2, 0.25) is 0 Å². The van der Waals surface area contributed by atoms with Crippen molar-refractivity contribution in [1.82, 2.24) is 15.1 Å². The summed E-state index contributed by atoms with van der Waals surface area (Å²) in [5, 5.41) is 7.55. The lowest BCUT2D eigenvalue weighted by Gasteiger charge is -2.06. The van der Waals surface area contributed by atoms with Gasteiger partial charge in [-0.05, 0) is 27.8 Å². The van der Waals surface area contributed by atoms with Crippen LogP contribution >= 0.6 is 0 Å². The first-order chi connectivity index (χ1) is 7.13. The van der Waals surface area contributed by atoms with Crippen molar-refractivity contribution in [1.29, 1.82) is 0 Å². The first-order valence-electron chi connectivity index (χ1n) is 5.42. The SMILES string of the molecule is CNCc1cn(CCOC(C)C)nc1C. The van der Waals surface area contributed by atoms with E-state index in [4.69, 9.17) is 4.74 Å². The van der Waals surface area contributed by atoms with Gasteiger partial charge in [-0.15, -0.1) is 0 Å². The Balaban J connectivity index is 2.44. The second-order valence-electron chi connectivity index (χ2n) is 3.95. The van der Waals surface area contributed by atoms with Crippen molar-refractivity contribution in [3.05, 3.63) is 17.5 Å². The van der Waals surface area contributed by atoms with Gasteiger partial charge in [-0.1, -0.05) is 0 Å². The molecule has 1 N–H and O–H groups in total. The van der Waals surface area contributed by atoms with Crippen molar-refractivity contribution >= 4 is 0 Å². The predicted molar refractivity (Wildman–Crippen MR) is 60.8 cm³/mol. The molecule has 0 aromatic carbocycles. The minimum Gasteiger partial charge on any atom is -0.377 e. The Labute approximate surface area is 91.6 Å². The molecule has 0 bridgehead atoms. The molecule has 1 aromatic heterocycles. The van der Waals surface area contributed by atoms with Gasteiger partial charge in [0, 0.05) is 18.3 Å². The third kappa shape index (κ3) is 4.01. The van der Waals surface area contributed by atoms with Gasteiger partial charge in [-0.25, -0.2) is 0 Å². The Morgan fingerprint density at radius 1 is 1.53 bits per heavy atom. The van der Waals surface area contributed by atoms with E-state index in [1.165, 1.54) is 5.56 Å². The molecule has 0 aliphatic rings.